The van der Waals surface area contributed by atoms with Crippen LogP contribution < -0.4 is 5.32 Å². The van der Waals surface area contributed by atoms with Gasteiger partial charge in [-0.15, -0.1) is 0 Å². The molecule has 0 unspecified atom stereocenters. The molecular formula is C15H13ClF3N7S. The monoisotopic (exact) mass is 415 g/mol. The number of aromatic nitrogens is 4. The molecule has 2 aromatic heterocycles. The average molecular weight is 416 g/mol. The van der Waals surface area contributed by atoms with Crippen LogP contribution in [-0.4, -0.2) is 31.3 Å². The first-order chi connectivity index (χ1) is 12.3. The highest BCUT2D eigenvalue weighted by atomic mass is 35.5. The lowest BCUT2D eigenvalue weighted by atomic mass is 10.0. The third kappa shape index (κ3) is 3.21. The van der Waals surface area contributed by atoms with Crippen LogP contribution in [0.4, 0.5) is 19.0 Å². The summed E-state index contributed by atoms with van der Waals surface area (Å²) in [5.74, 6) is -3.00. The fourth-order valence-electron chi connectivity index (χ4n) is 2.55. The van der Waals surface area contributed by atoms with Crippen LogP contribution in [0.15, 0.2) is 28.7 Å². The summed E-state index contributed by atoms with van der Waals surface area (Å²) in [4.78, 5) is 7.94. The van der Waals surface area contributed by atoms with Gasteiger partial charge in [-0.25, -0.2) is 13.2 Å². The summed E-state index contributed by atoms with van der Waals surface area (Å²) in [5, 5.41) is 14.8. The Balaban J connectivity index is 0.00000210. The van der Waals surface area contributed by atoms with Gasteiger partial charge in [0.1, 0.15) is 34.7 Å². The van der Waals surface area contributed by atoms with E-state index in [-0.39, 0.29) is 41.8 Å². The van der Waals surface area contributed by atoms with Gasteiger partial charge in [-0.3, -0.25) is 0 Å². The van der Waals surface area contributed by atoms with Crippen molar-refractivity contribution in [2.24, 2.45) is 10.2 Å². The molecule has 4 rings (SSSR count). The van der Waals surface area contributed by atoms with Crippen molar-refractivity contribution in [1.82, 2.24) is 19.6 Å². The van der Waals surface area contributed by atoms with Crippen molar-refractivity contribution in [3.05, 3.63) is 41.1 Å². The lowest BCUT2D eigenvalue weighted by Crippen LogP contribution is -2.32. The van der Waals surface area contributed by atoms with E-state index in [2.05, 4.69) is 30.6 Å². The molecule has 0 saturated carbocycles. The maximum absolute atomic E-state index is 14.4. The number of rotatable bonds is 4. The molecule has 0 radical (unpaired) electrons. The molecule has 7 nitrogen and oxygen atoms in total. The molecule has 12 heteroatoms. The third-order valence-corrected chi connectivity index (χ3v) is 4.50. The number of nitrogens with one attached hydrogen (secondary N) is 1. The zero-order valence-electron chi connectivity index (χ0n) is 14.0. The number of benzene rings is 1. The smallest absolute Gasteiger partial charge is 0.255 e. The molecular weight excluding hydrogens is 403 g/mol. The minimum Gasteiger partial charge on any atom is -0.362 e. The molecule has 0 fully saturated rings. The second-order valence-corrected chi connectivity index (χ2v) is 6.36. The summed E-state index contributed by atoms with van der Waals surface area (Å²) in [6.45, 7) is 3.57. The van der Waals surface area contributed by atoms with Gasteiger partial charge in [0, 0.05) is 12.1 Å². The van der Waals surface area contributed by atoms with E-state index in [9.17, 15) is 13.2 Å². The fraction of sp³-hybridized carbons (Fsp3) is 0.267. The van der Waals surface area contributed by atoms with E-state index in [0.29, 0.717) is 12.1 Å². The van der Waals surface area contributed by atoms with E-state index in [1.807, 2.05) is 0 Å². The standard InChI is InChI=1S/C15H11ClF3N7.H2S/c1-6(15(2)24-25-15)22-13-11(10-8(18)3-7(17)4-9(10)19)12(16)23-14-20-5-21-26(13)14;/h3-6,22H,1-2H3;1H2/t6-;/m0./s1. The van der Waals surface area contributed by atoms with Crippen molar-refractivity contribution in [3.63, 3.8) is 0 Å². The van der Waals surface area contributed by atoms with E-state index >= 15 is 0 Å². The second-order valence-electron chi connectivity index (χ2n) is 6.00. The molecule has 0 aliphatic carbocycles. The van der Waals surface area contributed by atoms with E-state index in [1.54, 1.807) is 13.8 Å². The van der Waals surface area contributed by atoms with E-state index in [0.717, 1.165) is 0 Å². The topological polar surface area (TPSA) is 79.8 Å². The maximum Gasteiger partial charge on any atom is 0.255 e. The summed E-state index contributed by atoms with van der Waals surface area (Å²) < 4.78 is 43.3. The molecule has 0 saturated heterocycles. The summed E-state index contributed by atoms with van der Waals surface area (Å²) in [6.07, 6.45) is 1.23. The highest BCUT2D eigenvalue weighted by molar-refractivity contribution is 7.59. The zero-order chi connectivity index (χ0) is 18.6. The molecule has 0 bridgehead atoms. The van der Waals surface area contributed by atoms with Gasteiger partial charge in [0.15, 0.2) is 0 Å². The minimum atomic E-state index is -1.12. The van der Waals surface area contributed by atoms with Crippen LogP contribution in [0.5, 0.6) is 0 Å². The Morgan fingerprint density at radius 2 is 1.78 bits per heavy atom. The lowest BCUT2D eigenvalue weighted by molar-refractivity contribution is 0.547. The maximum atomic E-state index is 14.4. The molecule has 0 amide bonds. The van der Waals surface area contributed by atoms with E-state index in [4.69, 9.17) is 11.6 Å². The first kappa shape index (κ1) is 19.4. The SMILES string of the molecule is C[C@H](Nc1c(-c2c(F)cc(F)cc2F)c(Cl)nc2ncnn12)C1(C)N=N1.S. The quantitative estimate of drug-likeness (QED) is 0.654. The average Bonchev–Trinajstić information content (AvgIpc) is 3.14. The van der Waals surface area contributed by atoms with Gasteiger partial charge in [0.2, 0.25) is 5.66 Å². The molecule has 1 aliphatic rings. The molecule has 142 valence electrons. The molecule has 1 aromatic carbocycles. The van der Waals surface area contributed by atoms with Crippen LogP contribution in [0.3, 0.4) is 0 Å². The molecule has 3 heterocycles. The largest absolute Gasteiger partial charge is 0.362 e. The van der Waals surface area contributed by atoms with Gasteiger partial charge < -0.3 is 5.32 Å². The Morgan fingerprint density at radius 3 is 2.37 bits per heavy atom. The Hall–Kier alpha value is -2.40. The van der Waals surface area contributed by atoms with Crippen LogP contribution in [-0.2, 0) is 0 Å². The van der Waals surface area contributed by atoms with Crippen LogP contribution >= 0.6 is 25.1 Å². The van der Waals surface area contributed by atoms with E-state index in [1.165, 1.54) is 10.8 Å². The molecule has 27 heavy (non-hydrogen) atoms. The summed E-state index contributed by atoms with van der Waals surface area (Å²) >= 11 is 6.19. The number of fused-ring (bicyclic) bond motifs is 1. The van der Waals surface area contributed by atoms with Gasteiger partial charge in [-0.1, -0.05) is 11.6 Å². The van der Waals surface area contributed by atoms with Crippen molar-refractivity contribution < 1.29 is 13.2 Å². The molecule has 1 N–H and O–H groups in total. The second kappa shape index (κ2) is 6.64. The van der Waals surface area contributed by atoms with Crippen molar-refractivity contribution in [2.45, 2.75) is 25.6 Å². The Morgan fingerprint density at radius 1 is 1.15 bits per heavy atom. The third-order valence-electron chi connectivity index (χ3n) is 4.23. The molecule has 1 aliphatic heterocycles. The highest BCUT2D eigenvalue weighted by Crippen LogP contribution is 2.40. The van der Waals surface area contributed by atoms with Crippen LogP contribution in [0, 0.1) is 17.5 Å². The Kier molecular flexibility index (Phi) is 4.76. The minimum absolute atomic E-state index is 0. The predicted octanol–water partition coefficient (Wildman–Crippen LogP) is 3.96. The Labute approximate surface area is 163 Å². The van der Waals surface area contributed by atoms with Gasteiger partial charge >= 0.3 is 0 Å². The van der Waals surface area contributed by atoms with Crippen molar-refractivity contribution in [1.29, 1.82) is 0 Å². The first-order valence-corrected chi connectivity index (χ1v) is 7.92. The zero-order valence-corrected chi connectivity index (χ0v) is 15.8. The lowest BCUT2D eigenvalue weighted by Gasteiger charge is -2.21. The molecule has 3 aromatic rings. The normalized spacial score (nSPS) is 15.5. The number of hydrogen-bond acceptors (Lipinski definition) is 6. The summed E-state index contributed by atoms with van der Waals surface area (Å²) in [7, 11) is 0. The van der Waals surface area contributed by atoms with Crippen molar-refractivity contribution in [3.8, 4) is 11.1 Å². The first-order valence-electron chi connectivity index (χ1n) is 7.55. The van der Waals surface area contributed by atoms with Crippen LogP contribution in [0.25, 0.3) is 16.9 Å². The number of nitrogens with zero attached hydrogens (tertiary/aromatic N) is 6. The molecule has 0 spiro atoms. The Bertz CT molecular complexity index is 1040. The van der Waals surface area contributed by atoms with Gasteiger partial charge in [-0.05, 0) is 13.8 Å². The van der Waals surface area contributed by atoms with Gasteiger partial charge in [-0.2, -0.15) is 43.3 Å². The summed E-state index contributed by atoms with van der Waals surface area (Å²) in [5.41, 5.74) is -1.30. The van der Waals surface area contributed by atoms with Crippen LogP contribution in [0.2, 0.25) is 5.15 Å². The predicted molar refractivity (Wildman–Crippen MR) is 97.8 cm³/mol. The van der Waals surface area contributed by atoms with Crippen molar-refractivity contribution >= 4 is 36.7 Å². The molecule has 1 atom stereocenters. The summed E-state index contributed by atoms with van der Waals surface area (Å²) in [6, 6.07) is 0.791. The van der Waals surface area contributed by atoms with Gasteiger partial charge in [0.25, 0.3) is 5.78 Å². The number of halogens is 4. The van der Waals surface area contributed by atoms with Gasteiger partial charge in [0.05, 0.1) is 17.2 Å². The number of hydrogen-bond donors (Lipinski definition) is 1. The fourth-order valence-corrected chi connectivity index (χ4v) is 2.81. The number of anilines is 1. The highest BCUT2D eigenvalue weighted by Gasteiger charge is 2.41. The van der Waals surface area contributed by atoms with Crippen molar-refractivity contribution in [2.75, 3.05) is 5.32 Å². The van der Waals surface area contributed by atoms with E-state index < -0.39 is 28.7 Å². The van der Waals surface area contributed by atoms with Crippen LogP contribution in [0.1, 0.15) is 13.8 Å².